The number of amides is 2. The van der Waals surface area contributed by atoms with Gasteiger partial charge in [-0.05, 0) is 25.8 Å². The minimum atomic E-state index is 0.0354. The average molecular weight is 304 g/mol. The van der Waals surface area contributed by atoms with Gasteiger partial charge in [0.15, 0.2) is 0 Å². The molecule has 1 atom stereocenters. The van der Waals surface area contributed by atoms with Gasteiger partial charge in [-0.25, -0.2) is 0 Å². The Morgan fingerprint density at radius 1 is 1.14 bits per heavy atom. The predicted octanol–water partition coefficient (Wildman–Crippen LogP) is 3.07. The highest BCUT2D eigenvalue weighted by atomic mass is 16.2. The van der Waals surface area contributed by atoms with Crippen LogP contribution in [0.25, 0.3) is 0 Å². The molecule has 0 spiro atoms. The fourth-order valence-corrected chi connectivity index (χ4v) is 2.46. The van der Waals surface area contributed by atoms with Crippen molar-refractivity contribution in [3.8, 4) is 0 Å². The molecule has 0 bridgehead atoms. The van der Waals surface area contributed by atoms with Crippen molar-refractivity contribution in [2.24, 2.45) is 0 Å². The van der Waals surface area contributed by atoms with E-state index in [1.54, 1.807) is 11.8 Å². The zero-order valence-electron chi connectivity index (χ0n) is 14.2. The lowest BCUT2D eigenvalue weighted by molar-refractivity contribution is -0.134. The van der Waals surface area contributed by atoms with Crippen LogP contribution >= 0.6 is 0 Å². The van der Waals surface area contributed by atoms with Crippen molar-refractivity contribution in [3.63, 3.8) is 0 Å². The zero-order valence-corrected chi connectivity index (χ0v) is 14.2. The number of rotatable bonds is 8. The minimum Gasteiger partial charge on any atom is -0.340 e. The summed E-state index contributed by atoms with van der Waals surface area (Å²) in [4.78, 5) is 27.7. The smallest absolute Gasteiger partial charge is 0.224 e. The van der Waals surface area contributed by atoms with Crippen molar-refractivity contribution in [2.75, 3.05) is 13.1 Å². The summed E-state index contributed by atoms with van der Waals surface area (Å²) in [7, 11) is 0. The molecule has 0 aliphatic heterocycles. The Kier molecular flexibility index (Phi) is 7.64. The van der Waals surface area contributed by atoms with Crippen molar-refractivity contribution >= 4 is 11.8 Å². The van der Waals surface area contributed by atoms with E-state index in [-0.39, 0.29) is 17.9 Å². The molecule has 2 amide bonds. The van der Waals surface area contributed by atoms with E-state index < -0.39 is 0 Å². The molecule has 1 unspecified atom stereocenters. The highest BCUT2D eigenvalue weighted by Gasteiger charge is 2.18. The first-order valence-corrected chi connectivity index (χ1v) is 8.08. The molecule has 1 aromatic carbocycles. The fraction of sp³-hybridized carbons (Fsp3) is 0.556. The van der Waals surface area contributed by atoms with E-state index in [1.807, 2.05) is 49.1 Å². The van der Waals surface area contributed by atoms with E-state index in [0.717, 1.165) is 12.0 Å². The second kappa shape index (κ2) is 9.23. The molecule has 1 rings (SSSR count). The first kappa shape index (κ1) is 18.2. The Morgan fingerprint density at radius 3 is 2.27 bits per heavy atom. The molecule has 0 N–H and O–H groups in total. The molecule has 0 heterocycles. The van der Waals surface area contributed by atoms with Gasteiger partial charge in [-0.1, -0.05) is 37.3 Å². The largest absolute Gasteiger partial charge is 0.340 e. The molecule has 0 aliphatic carbocycles. The van der Waals surface area contributed by atoms with Gasteiger partial charge in [0, 0.05) is 39.0 Å². The Balaban J connectivity index is 2.59. The molecule has 0 fully saturated rings. The van der Waals surface area contributed by atoms with Gasteiger partial charge in [-0.15, -0.1) is 0 Å². The Bertz CT molecular complexity index is 473. The van der Waals surface area contributed by atoms with Crippen LogP contribution in [-0.4, -0.2) is 40.7 Å². The van der Waals surface area contributed by atoms with Crippen molar-refractivity contribution in [2.45, 2.75) is 53.1 Å². The summed E-state index contributed by atoms with van der Waals surface area (Å²) in [6.07, 6.45) is 1.28. The highest BCUT2D eigenvalue weighted by molar-refractivity contribution is 5.78. The van der Waals surface area contributed by atoms with Crippen LogP contribution in [0.5, 0.6) is 0 Å². The molecule has 0 aliphatic rings. The molecule has 1 aromatic rings. The van der Waals surface area contributed by atoms with Crippen molar-refractivity contribution in [1.82, 2.24) is 9.80 Å². The number of benzene rings is 1. The SMILES string of the molecule is CCC(C)N(CCC(=O)N(CC)Cc1ccccc1)C(C)=O. The summed E-state index contributed by atoms with van der Waals surface area (Å²) in [6.45, 7) is 9.42. The Labute approximate surface area is 134 Å². The molecule has 4 nitrogen and oxygen atoms in total. The molecule has 0 aromatic heterocycles. The van der Waals surface area contributed by atoms with Gasteiger partial charge in [-0.2, -0.15) is 0 Å². The second-order valence-electron chi connectivity index (χ2n) is 5.61. The number of nitrogens with zero attached hydrogens (tertiary/aromatic N) is 2. The molecule has 4 heteroatoms. The third-order valence-electron chi connectivity index (χ3n) is 4.04. The van der Waals surface area contributed by atoms with Crippen LogP contribution < -0.4 is 0 Å². The molecule has 122 valence electrons. The number of hydrogen-bond acceptors (Lipinski definition) is 2. The molecule has 0 radical (unpaired) electrons. The molecular formula is C18H28N2O2. The monoisotopic (exact) mass is 304 g/mol. The predicted molar refractivity (Wildman–Crippen MR) is 89.3 cm³/mol. The van der Waals surface area contributed by atoms with E-state index >= 15 is 0 Å². The van der Waals surface area contributed by atoms with Gasteiger partial charge in [-0.3, -0.25) is 9.59 Å². The summed E-state index contributed by atoms with van der Waals surface area (Å²) in [5.41, 5.74) is 1.13. The van der Waals surface area contributed by atoms with E-state index in [0.29, 0.717) is 26.1 Å². The van der Waals surface area contributed by atoms with Gasteiger partial charge < -0.3 is 9.80 Å². The van der Waals surface area contributed by atoms with Crippen LogP contribution in [0.1, 0.15) is 46.1 Å². The average Bonchev–Trinajstić information content (AvgIpc) is 2.52. The standard InChI is InChI=1S/C18H28N2O2/c1-5-15(3)20(16(4)21)13-12-18(22)19(6-2)14-17-10-8-7-9-11-17/h7-11,15H,5-6,12-14H2,1-4H3. The van der Waals surface area contributed by atoms with Crippen LogP contribution in [0.15, 0.2) is 30.3 Å². The van der Waals surface area contributed by atoms with Crippen molar-refractivity contribution in [3.05, 3.63) is 35.9 Å². The minimum absolute atomic E-state index is 0.0354. The molecule has 22 heavy (non-hydrogen) atoms. The van der Waals surface area contributed by atoms with E-state index in [2.05, 4.69) is 6.92 Å². The van der Waals surface area contributed by atoms with E-state index in [4.69, 9.17) is 0 Å². The summed E-state index contributed by atoms with van der Waals surface area (Å²) in [5.74, 6) is 0.133. The van der Waals surface area contributed by atoms with Crippen LogP contribution in [-0.2, 0) is 16.1 Å². The number of carbonyl (C=O) groups is 2. The Hall–Kier alpha value is -1.84. The lowest BCUT2D eigenvalue weighted by atomic mass is 10.2. The van der Waals surface area contributed by atoms with E-state index in [9.17, 15) is 9.59 Å². The number of carbonyl (C=O) groups excluding carboxylic acids is 2. The van der Waals surface area contributed by atoms with Crippen LogP contribution in [0.4, 0.5) is 0 Å². The first-order valence-electron chi connectivity index (χ1n) is 8.08. The highest BCUT2D eigenvalue weighted by Crippen LogP contribution is 2.09. The van der Waals surface area contributed by atoms with Gasteiger partial charge in [0.25, 0.3) is 0 Å². The van der Waals surface area contributed by atoms with E-state index in [1.165, 1.54) is 0 Å². The number of hydrogen-bond donors (Lipinski definition) is 0. The maximum absolute atomic E-state index is 12.4. The van der Waals surface area contributed by atoms with Gasteiger partial charge in [0.2, 0.25) is 11.8 Å². The van der Waals surface area contributed by atoms with Crippen LogP contribution in [0.3, 0.4) is 0 Å². The summed E-state index contributed by atoms with van der Waals surface area (Å²) >= 11 is 0. The quantitative estimate of drug-likeness (QED) is 0.740. The summed E-state index contributed by atoms with van der Waals surface area (Å²) in [5, 5.41) is 0. The molecular weight excluding hydrogens is 276 g/mol. The van der Waals surface area contributed by atoms with Crippen molar-refractivity contribution in [1.29, 1.82) is 0 Å². The van der Waals surface area contributed by atoms with Crippen LogP contribution in [0.2, 0.25) is 0 Å². The molecule has 0 saturated carbocycles. The zero-order chi connectivity index (χ0) is 16.5. The summed E-state index contributed by atoms with van der Waals surface area (Å²) < 4.78 is 0. The normalized spacial score (nSPS) is 11.8. The second-order valence-corrected chi connectivity index (χ2v) is 5.61. The van der Waals surface area contributed by atoms with Gasteiger partial charge in [0.05, 0.1) is 0 Å². The molecule has 0 saturated heterocycles. The van der Waals surface area contributed by atoms with Crippen LogP contribution in [0, 0.1) is 0 Å². The summed E-state index contributed by atoms with van der Waals surface area (Å²) in [6, 6.07) is 10.2. The fourth-order valence-electron chi connectivity index (χ4n) is 2.46. The lowest BCUT2D eigenvalue weighted by Gasteiger charge is -2.28. The maximum Gasteiger partial charge on any atom is 0.224 e. The maximum atomic E-state index is 12.4. The van der Waals surface area contributed by atoms with Gasteiger partial charge >= 0.3 is 0 Å². The Morgan fingerprint density at radius 2 is 1.77 bits per heavy atom. The first-order chi connectivity index (χ1) is 10.5. The van der Waals surface area contributed by atoms with Crippen molar-refractivity contribution < 1.29 is 9.59 Å². The lowest BCUT2D eigenvalue weighted by Crippen LogP contribution is -2.40. The third kappa shape index (κ3) is 5.51. The third-order valence-corrected chi connectivity index (χ3v) is 4.04. The topological polar surface area (TPSA) is 40.6 Å². The van der Waals surface area contributed by atoms with Gasteiger partial charge in [0.1, 0.15) is 0 Å².